The van der Waals surface area contributed by atoms with Crippen molar-refractivity contribution in [1.82, 2.24) is 4.98 Å². The third-order valence-electron chi connectivity index (χ3n) is 2.22. The van der Waals surface area contributed by atoms with Gasteiger partial charge in [-0.05, 0) is 29.3 Å². The molecule has 0 fully saturated rings. The van der Waals surface area contributed by atoms with Crippen molar-refractivity contribution in [3.63, 3.8) is 0 Å². The fourth-order valence-corrected chi connectivity index (χ4v) is 1.31. The summed E-state index contributed by atoms with van der Waals surface area (Å²) in [4.78, 5) is 14.0. The van der Waals surface area contributed by atoms with Crippen LogP contribution in [0.25, 0.3) is 11.1 Å². The van der Waals surface area contributed by atoms with Crippen LogP contribution in [-0.2, 0) is 0 Å². The van der Waals surface area contributed by atoms with Gasteiger partial charge in [-0.25, -0.2) is 0 Å². The van der Waals surface area contributed by atoms with E-state index in [1.807, 2.05) is 0 Å². The van der Waals surface area contributed by atoms with Crippen molar-refractivity contribution in [2.24, 2.45) is 0 Å². The van der Waals surface area contributed by atoms with Gasteiger partial charge in [0.25, 0.3) is 0 Å². The van der Waals surface area contributed by atoms with Crippen LogP contribution in [0.3, 0.4) is 0 Å². The Hall–Kier alpha value is -2.40. The van der Waals surface area contributed by atoms with E-state index >= 15 is 0 Å². The van der Waals surface area contributed by atoms with E-state index < -0.39 is 0 Å². The smallest absolute Gasteiger partial charge is 0.169 e. The minimum Gasteiger partial charge on any atom is -0.296 e. The van der Waals surface area contributed by atoms with Gasteiger partial charge >= 0.3 is 0 Å². The summed E-state index contributed by atoms with van der Waals surface area (Å²) in [6, 6.07) is 11.9. The summed E-state index contributed by atoms with van der Waals surface area (Å²) in [6.45, 7) is 0. The highest BCUT2D eigenvalue weighted by molar-refractivity contribution is 5.80. The summed E-state index contributed by atoms with van der Waals surface area (Å²) in [6.07, 6.45) is 7.26. The molecule has 1 aromatic rings. The highest BCUT2D eigenvalue weighted by Crippen LogP contribution is 2.32. The van der Waals surface area contributed by atoms with Crippen LogP contribution in [0.2, 0.25) is 0 Å². The molecular weight excluding hydrogens is 198 g/mol. The summed E-state index contributed by atoms with van der Waals surface area (Å²) in [5.41, 5.74) is 3.72. The van der Waals surface area contributed by atoms with Crippen molar-refractivity contribution in [1.29, 1.82) is 0 Å². The van der Waals surface area contributed by atoms with Gasteiger partial charge in [-0.2, -0.15) is 0 Å². The number of carbonyl (C=O) groups is 1. The minimum atomic E-state index is 0.324. The molecule has 2 heteroatoms. The molecule has 0 saturated heterocycles. The zero-order valence-electron chi connectivity index (χ0n) is 8.55. The van der Waals surface area contributed by atoms with Gasteiger partial charge < -0.3 is 0 Å². The third kappa shape index (κ3) is 2.15. The number of carbonyl (C=O) groups excluding carboxylic acids is 1. The number of hydrogen-bond acceptors (Lipinski definition) is 2. The van der Waals surface area contributed by atoms with E-state index in [0.29, 0.717) is 17.5 Å². The lowest BCUT2D eigenvalue weighted by atomic mass is 10.2. The predicted molar refractivity (Wildman–Crippen MR) is 63.0 cm³/mol. The van der Waals surface area contributed by atoms with Crippen LogP contribution in [0.4, 0.5) is 0 Å². The molecule has 0 atom stereocenters. The van der Waals surface area contributed by atoms with E-state index in [-0.39, 0.29) is 0 Å². The van der Waals surface area contributed by atoms with Gasteiger partial charge in [-0.1, -0.05) is 24.1 Å². The summed E-state index contributed by atoms with van der Waals surface area (Å²) < 4.78 is 0. The van der Waals surface area contributed by atoms with Crippen molar-refractivity contribution in [2.45, 2.75) is 0 Å². The molecular formula is C14H9NO. The molecule has 0 N–H and O–H groups in total. The average molecular weight is 207 g/mol. The van der Waals surface area contributed by atoms with Crippen molar-refractivity contribution in [3.8, 4) is 23.5 Å². The fraction of sp³-hybridized carbons (Fsp3) is 0. The molecule has 0 bridgehead atoms. The van der Waals surface area contributed by atoms with E-state index in [4.69, 9.17) is 6.42 Å². The Morgan fingerprint density at radius 1 is 1.19 bits per heavy atom. The third-order valence-corrected chi connectivity index (χ3v) is 2.22. The number of hydrogen-bond donors (Lipinski definition) is 0. The first-order valence-corrected chi connectivity index (χ1v) is 4.82. The van der Waals surface area contributed by atoms with E-state index in [1.54, 1.807) is 12.1 Å². The SMILES string of the molecule is C#Cc1cccnc1C=O.c1cc2cc-2c1. The van der Waals surface area contributed by atoms with Gasteiger partial charge in [0.15, 0.2) is 6.29 Å². The lowest BCUT2D eigenvalue weighted by molar-refractivity contribution is 0.111. The number of nitrogens with zero attached hydrogens (tertiary/aromatic N) is 1. The molecule has 3 rings (SSSR count). The maximum Gasteiger partial charge on any atom is 0.169 e. The summed E-state index contributed by atoms with van der Waals surface area (Å²) in [7, 11) is 0. The molecule has 16 heavy (non-hydrogen) atoms. The van der Waals surface area contributed by atoms with E-state index in [0.717, 1.165) is 0 Å². The maximum atomic E-state index is 10.2. The first-order valence-electron chi connectivity index (χ1n) is 4.82. The molecule has 0 aliphatic heterocycles. The number of benzene rings is 1. The Morgan fingerprint density at radius 2 is 1.94 bits per heavy atom. The Balaban J connectivity index is 0.000000134. The molecule has 0 saturated carbocycles. The standard InChI is InChI=1S/C8H5NO.C6H4/c1-2-7-4-3-5-9-8(7)6-10;1-2-5-4-6(5)3-1/h1,3-6H;1-4H. The Labute approximate surface area is 94.0 Å². The number of terminal acetylenes is 1. The van der Waals surface area contributed by atoms with E-state index in [9.17, 15) is 4.79 Å². The van der Waals surface area contributed by atoms with Crippen molar-refractivity contribution in [3.05, 3.63) is 53.9 Å². The van der Waals surface area contributed by atoms with Crippen LogP contribution in [0.15, 0.2) is 42.6 Å². The zero-order chi connectivity index (χ0) is 11.4. The van der Waals surface area contributed by atoms with Crippen molar-refractivity contribution >= 4 is 6.29 Å². The number of rotatable bonds is 1. The molecule has 0 aromatic carbocycles. The largest absolute Gasteiger partial charge is 0.296 e. The number of fused-ring (bicyclic) bond motifs is 1. The molecule has 0 spiro atoms. The van der Waals surface area contributed by atoms with Crippen LogP contribution in [0.1, 0.15) is 16.1 Å². The first kappa shape index (κ1) is 10.1. The second-order valence-electron chi connectivity index (χ2n) is 3.28. The van der Waals surface area contributed by atoms with Gasteiger partial charge in [-0.15, -0.1) is 6.42 Å². The molecule has 76 valence electrons. The zero-order valence-corrected chi connectivity index (χ0v) is 8.55. The predicted octanol–water partition coefficient (Wildman–Crippen LogP) is 2.54. The average Bonchev–Trinajstić information content (AvgIpc) is 2.96. The first-order chi connectivity index (χ1) is 7.85. The van der Waals surface area contributed by atoms with Crippen LogP contribution < -0.4 is 0 Å². The molecule has 2 aliphatic rings. The minimum absolute atomic E-state index is 0.324. The number of pyridine rings is 1. The van der Waals surface area contributed by atoms with Crippen LogP contribution in [-0.4, -0.2) is 11.3 Å². The second-order valence-corrected chi connectivity index (χ2v) is 3.28. The monoisotopic (exact) mass is 207 g/mol. The lowest BCUT2D eigenvalue weighted by Crippen LogP contribution is -1.89. The topological polar surface area (TPSA) is 30.0 Å². The Kier molecular flexibility index (Phi) is 2.79. The molecule has 2 nitrogen and oxygen atoms in total. The van der Waals surface area contributed by atoms with Crippen molar-refractivity contribution in [2.75, 3.05) is 0 Å². The van der Waals surface area contributed by atoms with Crippen LogP contribution >= 0.6 is 0 Å². The Bertz CT molecular complexity index is 550. The number of aromatic nitrogens is 1. The molecule has 2 aliphatic carbocycles. The van der Waals surface area contributed by atoms with Gasteiger partial charge in [0.05, 0.1) is 5.56 Å². The van der Waals surface area contributed by atoms with Gasteiger partial charge in [0, 0.05) is 6.20 Å². The Morgan fingerprint density at radius 3 is 2.31 bits per heavy atom. The molecule has 1 heterocycles. The van der Waals surface area contributed by atoms with Crippen molar-refractivity contribution < 1.29 is 4.79 Å². The van der Waals surface area contributed by atoms with E-state index in [1.165, 1.54) is 17.3 Å². The molecule has 0 amide bonds. The normalized spacial score (nSPS) is 9.44. The quantitative estimate of drug-likeness (QED) is 0.453. The highest BCUT2D eigenvalue weighted by Gasteiger charge is 2.06. The number of aldehydes is 1. The van der Waals surface area contributed by atoms with Crippen LogP contribution in [0.5, 0.6) is 0 Å². The highest BCUT2D eigenvalue weighted by atomic mass is 16.1. The molecule has 0 radical (unpaired) electrons. The second kappa shape index (κ2) is 4.41. The molecule has 1 aromatic heterocycles. The summed E-state index contributed by atoms with van der Waals surface area (Å²) >= 11 is 0. The maximum absolute atomic E-state index is 10.2. The van der Waals surface area contributed by atoms with Gasteiger partial charge in [0.2, 0.25) is 0 Å². The lowest BCUT2D eigenvalue weighted by Gasteiger charge is -1.90. The summed E-state index contributed by atoms with van der Waals surface area (Å²) in [5.74, 6) is 2.35. The van der Waals surface area contributed by atoms with Gasteiger partial charge in [0.1, 0.15) is 5.69 Å². The molecule has 0 unspecified atom stereocenters. The van der Waals surface area contributed by atoms with Crippen LogP contribution in [0, 0.1) is 12.3 Å². The van der Waals surface area contributed by atoms with E-state index in [2.05, 4.69) is 35.2 Å². The fourth-order valence-electron chi connectivity index (χ4n) is 1.31. The summed E-state index contributed by atoms with van der Waals surface area (Å²) in [5, 5.41) is 0. The van der Waals surface area contributed by atoms with Gasteiger partial charge in [-0.3, -0.25) is 9.78 Å².